The molecule has 1 saturated heterocycles. The number of rotatable bonds is 3. The zero-order chi connectivity index (χ0) is 12.3. The Morgan fingerprint density at radius 1 is 1.35 bits per heavy atom. The lowest BCUT2D eigenvalue weighted by molar-refractivity contribution is -0.138. The highest BCUT2D eigenvalue weighted by atomic mass is 16.4. The van der Waals surface area contributed by atoms with Gasteiger partial charge in [-0.05, 0) is 19.1 Å². The van der Waals surface area contributed by atoms with Crippen molar-refractivity contribution in [3.8, 4) is 0 Å². The number of para-hydroxylation sites is 1. The van der Waals surface area contributed by atoms with E-state index in [0.29, 0.717) is 6.04 Å². The van der Waals surface area contributed by atoms with E-state index in [2.05, 4.69) is 24.0 Å². The maximum absolute atomic E-state index is 10.7. The molecule has 0 saturated carbocycles. The Bertz CT molecular complexity index is 380. The molecule has 1 unspecified atom stereocenters. The minimum absolute atomic E-state index is 0.146. The maximum Gasteiger partial charge on any atom is 0.317 e. The highest BCUT2D eigenvalue weighted by molar-refractivity contribution is 5.69. The number of carboxylic acid groups (broad SMARTS) is 1. The molecule has 17 heavy (non-hydrogen) atoms. The average molecular weight is 234 g/mol. The van der Waals surface area contributed by atoms with E-state index in [0.717, 1.165) is 19.6 Å². The van der Waals surface area contributed by atoms with Gasteiger partial charge in [-0.25, -0.2) is 0 Å². The second-order valence-electron chi connectivity index (χ2n) is 4.51. The van der Waals surface area contributed by atoms with Crippen molar-refractivity contribution in [2.45, 2.75) is 13.0 Å². The first-order valence-corrected chi connectivity index (χ1v) is 5.92. The van der Waals surface area contributed by atoms with Crippen molar-refractivity contribution in [2.24, 2.45) is 0 Å². The zero-order valence-electron chi connectivity index (χ0n) is 10.0. The first-order chi connectivity index (χ1) is 8.16. The van der Waals surface area contributed by atoms with Crippen LogP contribution in [0.1, 0.15) is 6.92 Å². The van der Waals surface area contributed by atoms with Gasteiger partial charge >= 0.3 is 5.97 Å². The number of benzene rings is 1. The van der Waals surface area contributed by atoms with Gasteiger partial charge in [0.05, 0.1) is 6.54 Å². The van der Waals surface area contributed by atoms with Crippen LogP contribution in [0.3, 0.4) is 0 Å². The molecule has 0 spiro atoms. The highest BCUT2D eigenvalue weighted by Gasteiger charge is 2.24. The monoisotopic (exact) mass is 234 g/mol. The summed E-state index contributed by atoms with van der Waals surface area (Å²) in [4.78, 5) is 15.0. The van der Waals surface area contributed by atoms with Crippen LogP contribution in [0.15, 0.2) is 30.3 Å². The molecule has 1 aliphatic heterocycles. The second kappa shape index (κ2) is 5.19. The molecule has 1 aromatic carbocycles. The molecule has 1 N–H and O–H groups in total. The summed E-state index contributed by atoms with van der Waals surface area (Å²) in [6.45, 7) is 4.79. The Hall–Kier alpha value is -1.55. The molecular weight excluding hydrogens is 216 g/mol. The standard InChI is InChI=1S/C13H18N2O2/c1-11-9-14(10-13(16)17)7-8-15(11)12-5-3-2-4-6-12/h2-6,11H,7-10H2,1H3,(H,16,17). The van der Waals surface area contributed by atoms with Crippen LogP contribution in [0.4, 0.5) is 5.69 Å². The number of piperazine rings is 1. The van der Waals surface area contributed by atoms with E-state index in [1.807, 2.05) is 23.1 Å². The summed E-state index contributed by atoms with van der Waals surface area (Å²) >= 11 is 0. The van der Waals surface area contributed by atoms with E-state index >= 15 is 0 Å². The minimum Gasteiger partial charge on any atom is -0.480 e. The van der Waals surface area contributed by atoms with Gasteiger partial charge in [0.1, 0.15) is 0 Å². The number of carbonyl (C=O) groups is 1. The third-order valence-electron chi connectivity index (χ3n) is 3.16. The van der Waals surface area contributed by atoms with Gasteiger partial charge in [-0.2, -0.15) is 0 Å². The summed E-state index contributed by atoms with van der Waals surface area (Å²) in [5.41, 5.74) is 1.22. The number of hydrogen-bond donors (Lipinski definition) is 1. The molecule has 1 aliphatic rings. The van der Waals surface area contributed by atoms with Crippen molar-refractivity contribution >= 4 is 11.7 Å². The molecule has 4 nitrogen and oxygen atoms in total. The van der Waals surface area contributed by atoms with Crippen LogP contribution in [0.5, 0.6) is 0 Å². The summed E-state index contributed by atoms with van der Waals surface area (Å²) in [5.74, 6) is -0.745. The van der Waals surface area contributed by atoms with Crippen LogP contribution >= 0.6 is 0 Å². The van der Waals surface area contributed by atoms with Crippen molar-refractivity contribution < 1.29 is 9.90 Å². The van der Waals surface area contributed by atoms with E-state index in [-0.39, 0.29) is 6.54 Å². The quantitative estimate of drug-likeness (QED) is 0.855. The van der Waals surface area contributed by atoms with E-state index in [1.54, 1.807) is 0 Å². The van der Waals surface area contributed by atoms with Crippen LogP contribution in [-0.2, 0) is 4.79 Å². The van der Waals surface area contributed by atoms with Gasteiger partial charge in [-0.1, -0.05) is 18.2 Å². The Morgan fingerprint density at radius 2 is 2.06 bits per heavy atom. The number of anilines is 1. The lowest BCUT2D eigenvalue weighted by atomic mass is 10.1. The third kappa shape index (κ3) is 2.97. The molecule has 0 aliphatic carbocycles. The molecule has 0 amide bonds. The number of hydrogen-bond acceptors (Lipinski definition) is 3. The van der Waals surface area contributed by atoms with Gasteiger partial charge in [0.2, 0.25) is 0 Å². The van der Waals surface area contributed by atoms with Gasteiger partial charge in [0.25, 0.3) is 0 Å². The zero-order valence-corrected chi connectivity index (χ0v) is 10.0. The normalized spacial score (nSPS) is 21.5. The highest BCUT2D eigenvalue weighted by Crippen LogP contribution is 2.19. The molecule has 1 heterocycles. The van der Waals surface area contributed by atoms with Gasteiger partial charge in [0, 0.05) is 31.4 Å². The Kier molecular flexibility index (Phi) is 3.64. The molecule has 2 rings (SSSR count). The SMILES string of the molecule is CC1CN(CC(=O)O)CCN1c1ccccc1. The van der Waals surface area contributed by atoms with Crippen LogP contribution in [0, 0.1) is 0 Å². The van der Waals surface area contributed by atoms with Gasteiger partial charge < -0.3 is 10.0 Å². The first kappa shape index (κ1) is 11.9. The van der Waals surface area contributed by atoms with Crippen LogP contribution < -0.4 is 4.90 Å². The van der Waals surface area contributed by atoms with Crippen molar-refractivity contribution in [1.82, 2.24) is 4.90 Å². The van der Waals surface area contributed by atoms with Crippen molar-refractivity contribution in [2.75, 3.05) is 31.1 Å². The van der Waals surface area contributed by atoms with E-state index < -0.39 is 5.97 Å². The summed E-state index contributed by atoms with van der Waals surface area (Å²) in [6.07, 6.45) is 0. The van der Waals surface area contributed by atoms with Crippen LogP contribution in [-0.4, -0.2) is 48.2 Å². The first-order valence-electron chi connectivity index (χ1n) is 5.92. The average Bonchev–Trinajstić information content (AvgIpc) is 2.29. The molecule has 92 valence electrons. The predicted molar refractivity (Wildman–Crippen MR) is 67.3 cm³/mol. The van der Waals surface area contributed by atoms with Crippen molar-refractivity contribution in [1.29, 1.82) is 0 Å². The Morgan fingerprint density at radius 3 is 2.65 bits per heavy atom. The summed E-state index contributed by atoms with van der Waals surface area (Å²) in [5, 5.41) is 8.78. The van der Waals surface area contributed by atoms with E-state index in [9.17, 15) is 4.79 Å². The molecule has 0 radical (unpaired) electrons. The molecule has 0 bridgehead atoms. The van der Waals surface area contributed by atoms with Gasteiger partial charge in [0.15, 0.2) is 0 Å². The van der Waals surface area contributed by atoms with E-state index in [4.69, 9.17) is 5.11 Å². The largest absolute Gasteiger partial charge is 0.480 e. The number of aliphatic carboxylic acids is 1. The van der Waals surface area contributed by atoms with Crippen LogP contribution in [0.25, 0.3) is 0 Å². The minimum atomic E-state index is -0.745. The fraction of sp³-hybridized carbons (Fsp3) is 0.462. The lowest BCUT2D eigenvalue weighted by Crippen LogP contribution is -2.53. The van der Waals surface area contributed by atoms with Gasteiger partial charge in [-0.3, -0.25) is 9.69 Å². The summed E-state index contributed by atoms with van der Waals surface area (Å²) < 4.78 is 0. The lowest BCUT2D eigenvalue weighted by Gasteiger charge is -2.40. The smallest absolute Gasteiger partial charge is 0.317 e. The Labute approximate surface area is 101 Å². The second-order valence-corrected chi connectivity index (χ2v) is 4.51. The number of nitrogens with zero attached hydrogens (tertiary/aromatic N) is 2. The molecule has 1 fully saturated rings. The molecule has 1 aromatic rings. The summed E-state index contributed by atoms with van der Waals surface area (Å²) in [7, 11) is 0. The van der Waals surface area contributed by atoms with Crippen LogP contribution in [0.2, 0.25) is 0 Å². The van der Waals surface area contributed by atoms with Crippen molar-refractivity contribution in [3.63, 3.8) is 0 Å². The van der Waals surface area contributed by atoms with Crippen molar-refractivity contribution in [3.05, 3.63) is 30.3 Å². The predicted octanol–water partition coefficient (Wildman–Crippen LogP) is 1.28. The Balaban J connectivity index is 1.99. The topological polar surface area (TPSA) is 43.8 Å². The molecule has 4 heteroatoms. The fourth-order valence-electron chi connectivity index (χ4n) is 2.37. The molecule has 0 aromatic heterocycles. The molecule has 1 atom stereocenters. The third-order valence-corrected chi connectivity index (χ3v) is 3.16. The van der Waals surface area contributed by atoms with E-state index in [1.165, 1.54) is 5.69 Å². The summed E-state index contributed by atoms with van der Waals surface area (Å²) in [6, 6.07) is 10.6. The number of carboxylic acids is 1. The molecular formula is C13H18N2O2. The van der Waals surface area contributed by atoms with Gasteiger partial charge in [-0.15, -0.1) is 0 Å². The maximum atomic E-state index is 10.7. The fourth-order valence-corrected chi connectivity index (χ4v) is 2.37.